The van der Waals surface area contributed by atoms with Crippen LogP contribution >= 0.6 is 0 Å². The highest BCUT2D eigenvalue weighted by molar-refractivity contribution is 6.63. The maximum absolute atomic E-state index is 6.18. The molecule has 1 aromatic carbocycles. The van der Waals surface area contributed by atoms with Gasteiger partial charge in [0.1, 0.15) is 5.75 Å². The molecule has 7 nitrogen and oxygen atoms in total. The Morgan fingerprint density at radius 3 is 2.50 bits per heavy atom. The number of anilines is 2. The van der Waals surface area contributed by atoms with Gasteiger partial charge < -0.3 is 24.1 Å². The van der Waals surface area contributed by atoms with Gasteiger partial charge in [0.05, 0.1) is 18.3 Å². The first-order chi connectivity index (χ1) is 14.2. The fraction of sp³-hybridized carbons (Fsp3) is 0.591. The molecule has 2 aromatic rings. The van der Waals surface area contributed by atoms with Crippen molar-refractivity contribution >= 4 is 24.1 Å². The average molecular weight is 413 g/mol. The van der Waals surface area contributed by atoms with Crippen LogP contribution < -0.4 is 15.5 Å². The summed E-state index contributed by atoms with van der Waals surface area (Å²) in [5, 5.41) is 8.09. The number of nitrogens with zero attached hydrogens (tertiary/aromatic N) is 2. The lowest BCUT2D eigenvalue weighted by atomic mass is 9.78. The second-order valence-electron chi connectivity index (χ2n) is 9.11. The Balaban J connectivity index is 1.53. The molecule has 0 radical (unpaired) electrons. The summed E-state index contributed by atoms with van der Waals surface area (Å²) in [6.45, 7) is 11.0. The van der Waals surface area contributed by atoms with Gasteiger partial charge in [-0.1, -0.05) is 6.07 Å². The first kappa shape index (κ1) is 21.2. The summed E-state index contributed by atoms with van der Waals surface area (Å²) in [5.41, 5.74) is 2.04. The molecule has 0 saturated carbocycles. The molecule has 0 spiro atoms. The van der Waals surface area contributed by atoms with Crippen molar-refractivity contribution in [1.82, 2.24) is 9.78 Å². The number of nitrogens with one attached hydrogen (secondary N) is 1. The van der Waals surface area contributed by atoms with Crippen LogP contribution in [-0.2, 0) is 14.0 Å². The molecule has 4 rings (SSSR count). The number of ether oxygens (including phenoxy) is 2. The highest BCUT2D eigenvalue weighted by Crippen LogP contribution is 2.37. The van der Waals surface area contributed by atoms with E-state index < -0.39 is 18.3 Å². The number of methoxy groups -OCH3 is 1. The molecule has 1 aromatic heterocycles. The highest BCUT2D eigenvalue weighted by Gasteiger charge is 2.52. The van der Waals surface area contributed by atoms with E-state index in [0.717, 1.165) is 42.1 Å². The molecule has 8 heteroatoms. The number of aromatic nitrogens is 2. The van der Waals surface area contributed by atoms with Crippen molar-refractivity contribution in [3.8, 4) is 5.75 Å². The fourth-order valence-corrected chi connectivity index (χ4v) is 3.86. The van der Waals surface area contributed by atoms with Gasteiger partial charge >= 0.3 is 7.12 Å². The van der Waals surface area contributed by atoms with Crippen LogP contribution in [0.15, 0.2) is 24.3 Å². The third kappa shape index (κ3) is 3.96. The molecule has 0 bridgehead atoms. The smallest absolute Gasteiger partial charge is 0.497 e. The van der Waals surface area contributed by atoms with Crippen molar-refractivity contribution in [2.45, 2.75) is 71.3 Å². The van der Waals surface area contributed by atoms with E-state index in [1.54, 1.807) is 7.11 Å². The Kier molecular flexibility index (Phi) is 5.59. The van der Waals surface area contributed by atoms with E-state index in [-0.39, 0.29) is 6.23 Å². The van der Waals surface area contributed by atoms with Crippen molar-refractivity contribution in [3.05, 3.63) is 30.0 Å². The quantitative estimate of drug-likeness (QED) is 0.749. The summed E-state index contributed by atoms with van der Waals surface area (Å²) in [6.07, 6.45) is 3.31. The maximum Gasteiger partial charge on any atom is 0.498 e. The van der Waals surface area contributed by atoms with Crippen molar-refractivity contribution in [2.75, 3.05) is 19.0 Å². The van der Waals surface area contributed by atoms with Crippen LogP contribution in [0.25, 0.3) is 0 Å². The maximum atomic E-state index is 6.18. The predicted molar refractivity (Wildman–Crippen MR) is 118 cm³/mol. The predicted octanol–water partition coefficient (Wildman–Crippen LogP) is 3.94. The molecule has 1 N–H and O–H groups in total. The zero-order valence-corrected chi connectivity index (χ0v) is 18.8. The van der Waals surface area contributed by atoms with Crippen LogP contribution in [0, 0.1) is 6.92 Å². The van der Waals surface area contributed by atoms with Gasteiger partial charge in [0, 0.05) is 35.6 Å². The van der Waals surface area contributed by atoms with Gasteiger partial charge in [-0.3, -0.25) is 0 Å². The third-order valence-corrected chi connectivity index (χ3v) is 6.36. The summed E-state index contributed by atoms with van der Waals surface area (Å²) in [4.78, 5) is 0. The Morgan fingerprint density at radius 2 is 1.87 bits per heavy atom. The molecule has 30 heavy (non-hydrogen) atoms. The zero-order chi connectivity index (χ0) is 21.5. The van der Waals surface area contributed by atoms with Crippen LogP contribution in [-0.4, -0.2) is 41.8 Å². The number of benzene rings is 1. The average Bonchev–Trinajstić information content (AvgIpc) is 3.17. The molecule has 2 aliphatic rings. The largest absolute Gasteiger partial charge is 0.498 e. The molecular formula is C22H32BN3O4. The lowest BCUT2D eigenvalue weighted by Gasteiger charge is -2.32. The molecule has 3 heterocycles. The van der Waals surface area contributed by atoms with Gasteiger partial charge in [0.15, 0.2) is 12.0 Å². The lowest BCUT2D eigenvalue weighted by Crippen LogP contribution is -2.41. The molecule has 1 unspecified atom stereocenters. The minimum atomic E-state index is -0.469. The van der Waals surface area contributed by atoms with Crippen LogP contribution in [0.5, 0.6) is 5.75 Å². The van der Waals surface area contributed by atoms with Crippen molar-refractivity contribution in [3.63, 3.8) is 0 Å². The first-order valence-corrected chi connectivity index (χ1v) is 10.7. The van der Waals surface area contributed by atoms with Crippen molar-refractivity contribution in [1.29, 1.82) is 0 Å². The van der Waals surface area contributed by atoms with Crippen LogP contribution in [0.2, 0.25) is 0 Å². The summed E-state index contributed by atoms with van der Waals surface area (Å²) in [5.74, 6) is 1.50. The van der Waals surface area contributed by atoms with Gasteiger partial charge in [-0.15, -0.1) is 0 Å². The number of hydrogen-bond acceptors (Lipinski definition) is 6. The monoisotopic (exact) mass is 413 g/mol. The van der Waals surface area contributed by atoms with Gasteiger partial charge in [0.2, 0.25) is 0 Å². The molecule has 162 valence electrons. The molecule has 1 atom stereocenters. The van der Waals surface area contributed by atoms with E-state index in [0.29, 0.717) is 5.75 Å². The van der Waals surface area contributed by atoms with E-state index in [9.17, 15) is 0 Å². The first-order valence-electron chi connectivity index (χ1n) is 10.7. The number of hydrogen-bond donors (Lipinski definition) is 1. The standard InChI is InChI=1S/C22H32BN3O4/c1-15-13-19(25-26(15)20-9-7-8-12-28-20)24-16-10-11-17(18(14-16)27-6)23-29-21(2,3)22(4,5)30-23/h10-11,13-14,20H,7-9,12H2,1-6H3,(H,24,25). The van der Waals surface area contributed by atoms with Gasteiger partial charge in [-0.2, -0.15) is 5.10 Å². The topological polar surface area (TPSA) is 66.8 Å². The van der Waals surface area contributed by atoms with Gasteiger partial charge in [-0.25, -0.2) is 4.68 Å². The Morgan fingerprint density at radius 1 is 1.13 bits per heavy atom. The minimum absolute atomic E-state index is 0.0228. The van der Waals surface area contributed by atoms with Crippen LogP contribution in [0.1, 0.15) is 58.9 Å². The normalized spacial score (nSPS) is 22.9. The third-order valence-electron chi connectivity index (χ3n) is 6.36. The Labute approximate surface area is 179 Å². The summed E-state index contributed by atoms with van der Waals surface area (Å²) in [7, 11) is 1.19. The summed E-state index contributed by atoms with van der Waals surface area (Å²) < 4.78 is 25.9. The van der Waals surface area contributed by atoms with Gasteiger partial charge in [-0.05, 0) is 59.9 Å². The SMILES string of the molecule is COc1cc(Nc2cc(C)n(C3CCCCO3)n2)ccc1B1OC(C)(C)C(C)(C)O1. The highest BCUT2D eigenvalue weighted by atomic mass is 16.7. The van der Waals surface area contributed by atoms with Crippen molar-refractivity contribution in [2.24, 2.45) is 0 Å². The molecule has 2 aliphatic heterocycles. The lowest BCUT2D eigenvalue weighted by molar-refractivity contribution is -0.0404. The van der Waals surface area contributed by atoms with E-state index >= 15 is 0 Å². The van der Waals surface area contributed by atoms with E-state index in [2.05, 4.69) is 12.2 Å². The molecular weight excluding hydrogens is 381 g/mol. The van der Waals surface area contributed by atoms with E-state index in [1.807, 2.05) is 56.6 Å². The van der Waals surface area contributed by atoms with Crippen LogP contribution in [0.3, 0.4) is 0 Å². The Bertz CT molecular complexity index is 890. The molecule has 0 aliphatic carbocycles. The minimum Gasteiger partial charge on any atom is -0.497 e. The molecule has 2 fully saturated rings. The number of rotatable bonds is 5. The summed E-state index contributed by atoms with van der Waals surface area (Å²) in [6, 6.07) is 7.96. The molecule has 0 amide bonds. The van der Waals surface area contributed by atoms with E-state index in [1.165, 1.54) is 6.42 Å². The second kappa shape index (κ2) is 7.91. The Hall–Kier alpha value is -2.03. The van der Waals surface area contributed by atoms with Gasteiger partial charge in [0.25, 0.3) is 0 Å². The van der Waals surface area contributed by atoms with Crippen LogP contribution in [0.4, 0.5) is 11.5 Å². The zero-order valence-electron chi connectivity index (χ0n) is 18.8. The number of aryl methyl sites for hydroxylation is 1. The fourth-order valence-electron chi connectivity index (χ4n) is 3.86. The second-order valence-corrected chi connectivity index (χ2v) is 9.11. The summed E-state index contributed by atoms with van der Waals surface area (Å²) >= 11 is 0. The molecule has 2 saturated heterocycles. The van der Waals surface area contributed by atoms with E-state index in [4.69, 9.17) is 23.9 Å². The van der Waals surface area contributed by atoms with Crippen molar-refractivity contribution < 1.29 is 18.8 Å².